The van der Waals surface area contributed by atoms with Crippen LogP contribution in [0, 0.1) is 12.1 Å². The molecule has 0 saturated heterocycles. The fraction of sp³-hybridized carbons (Fsp3) is 0.190. The van der Waals surface area contributed by atoms with E-state index in [0.29, 0.717) is 0 Å². The monoisotopic (exact) mass is 972 g/mol. The third-order valence-corrected chi connectivity index (χ3v) is 7.64. The maximum atomic E-state index is 3.61. The third kappa shape index (κ3) is 9.96. The summed E-state index contributed by atoms with van der Waals surface area (Å²) in [5.41, 5.74) is 16.3. The van der Waals surface area contributed by atoms with Crippen LogP contribution in [0.25, 0.3) is 33.4 Å². The van der Waals surface area contributed by atoms with Crippen molar-refractivity contribution in [2.24, 2.45) is 0 Å². The number of rotatable bonds is 2. The first-order valence-corrected chi connectivity index (χ1v) is 18.9. The van der Waals surface area contributed by atoms with Crippen molar-refractivity contribution in [2.45, 2.75) is 53.4 Å². The molecule has 4 heteroatoms. The van der Waals surface area contributed by atoms with Crippen molar-refractivity contribution >= 4 is 17.7 Å². The summed E-state index contributed by atoms with van der Waals surface area (Å²) in [7, 11) is 0. The Labute approximate surface area is 317 Å². The fourth-order valence-electron chi connectivity index (χ4n) is 5.79. The first kappa shape index (κ1) is 38.3. The molecule has 0 aliphatic heterocycles. The largest absolute Gasteiger partial charge is 1.00 e. The van der Waals surface area contributed by atoms with E-state index < -0.39 is 0 Å². The number of benzene rings is 4. The van der Waals surface area contributed by atoms with Gasteiger partial charge in [-0.15, -0.1) is 82.0 Å². The summed E-state index contributed by atoms with van der Waals surface area (Å²) in [6.45, 7) is 8.58. The van der Waals surface area contributed by atoms with Gasteiger partial charge in [-0.2, -0.15) is 0 Å². The number of hydrogen-bond acceptors (Lipinski definition) is 0. The van der Waals surface area contributed by atoms with Crippen LogP contribution >= 0.6 is 0 Å². The molecule has 8 rings (SSSR count). The summed E-state index contributed by atoms with van der Waals surface area (Å²) in [5, 5.41) is 0. The summed E-state index contributed by atoms with van der Waals surface area (Å²) in [6, 6.07) is 33.5. The Morgan fingerprint density at radius 2 is 0.891 bits per heavy atom. The second-order valence-electron chi connectivity index (χ2n) is 11.8. The van der Waals surface area contributed by atoms with E-state index in [4.69, 9.17) is 0 Å². The van der Waals surface area contributed by atoms with E-state index in [1.54, 1.807) is 6.51 Å². The summed E-state index contributed by atoms with van der Waals surface area (Å²) >= 11 is 2.53. The maximum absolute atomic E-state index is 3.61. The van der Waals surface area contributed by atoms with Gasteiger partial charge in [-0.3, -0.25) is 0 Å². The van der Waals surface area contributed by atoms with Gasteiger partial charge in [0.05, 0.1) is 0 Å². The van der Waals surface area contributed by atoms with E-state index in [1.165, 1.54) is 115 Å². The molecule has 0 heterocycles. The number of hydrogen-bond donors (Lipinski definition) is 0. The first-order chi connectivity index (χ1) is 21.3. The average Bonchev–Trinajstić information content (AvgIpc) is 3.82. The molecule has 4 aromatic rings. The van der Waals surface area contributed by atoms with Crippen LogP contribution in [0.1, 0.15) is 73.9 Å². The van der Waals surface area contributed by atoms with Crippen molar-refractivity contribution in [1.29, 1.82) is 0 Å². The van der Waals surface area contributed by atoms with Crippen LogP contribution in [0.15, 0.2) is 109 Å². The van der Waals surface area contributed by atoms with Crippen LogP contribution in [0.3, 0.4) is 0 Å². The molecule has 4 aliphatic rings. The van der Waals surface area contributed by atoms with Crippen LogP contribution in [0.4, 0.5) is 0 Å². The van der Waals surface area contributed by atoms with E-state index >= 15 is 0 Å². The zero-order valence-electron chi connectivity index (χ0n) is 27.0. The zero-order valence-corrected chi connectivity index (χ0v) is 35.7. The Morgan fingerprint density at radius 3 is 1.24 bits per heavy atom. The SMILES string of the molecule is C[C](C)=[Hf+2].C[C](C)=[Hf+2].[Cl-].[Cl-].[c-]1c(C2=CC=CC2)ccc2c1Cc1ccccc1-2.[c-]1c(C2=CC=CC2)ccc2c1Cc1ccccc1-2. The Balaban J connectivity index is 0.000000197. The molecule has 4 aromatic carbocycles. The molecule has 0 unspecified atom stereocenters. The van der Waals surface area contributed by atoms with E-state index in [1.807, 2.05) is 0 Å². The van der Waals surface area contributed by atoms with Gasteiger partial charge in [0.1, 0.15) is 0 Å². The standard InChI is InChI=1S/2C18H13.2C3H6.2ClH.2Hf/c2*1-2-6-13(5-1)14-9-10-18-16(11-14)12-15-7-3-4-8-17(15)18;2*1-3-2;;;;/h2*1-5,7-10H,6,12H2;2*1-2H3;2*1H;;/q2*-1;;;;;2*+2/p-2. The van der Waals surface area contributed by atoms with Crippen LogP contribution < -0.4 is 24.8 Å². The predicted octanol–water partition coefficient (Wildman–Crippen LogP) is 4.30. The van der Waals surface area contributed by atoms with E-state index in [2.05, 4.69) is 149 Å². The van der Waals surface area contributed by atoms with Gasteiger partial charge in [-0.1, -0.05) is 95.1 Å². The molecule has 0 fully saturated rings. The minimum absolute atomic E-state index is 0. The number of allylic oxidation sites excluding steroid dienone is 8. The molecule has 0 nitrogen and oxygen atoms in total. The van der Waals surface area contributed by atoms with Gasteiger partial charge < -0.3 is 24.8 Å². The van der Waals surface area contributed by atoms with Crippen LogP contribution in [0.5, 0.6) is 0 Å². The first-order valence-electron chi connectivity index (χ1n) is 15.3. The van der Waals surface area contributed by atoms with Crippen molar-refractivity contribution in [3.8, 4) is 22.3 Å². The Hall–Kier alpha value is -2.10. The van der Waals surface area contributed by atoms with Gasteiger partial charge in [0.2, 0.25) is 0 Å². The smallest absolute Gasteiger partial charge is 0.0195 e. The average molecular weight is 971 g/mol. The zero-order chi connectivity index (χ0) is 31.1. The van der Waals surface area contributed by atoms with Crippen LogP contribution in [-0.2, 0) is 60.6 Å². The quantitative estimate of drug-likeness (QED) is 0.180. The fourth-order valence-corrected chi connectivity index (χ4v) is 5.79. The summed E-state index contributed by atoms with van der Waals surface area (Å²) in [6.07, 6.45) is 17.2. The van der Waals surface area contributed by atoms with Crippen molar-refractivity contribution in [1.82, 2.24) is 0 Å². The molecule has 0 atom stereocenters. The number of halogens is 2. The van der Waals surface area contributed by atoms with Gasteiger partial charge in [0, 0.05) is 0 Å². The van der Waals surface area contributed by atoms with Gasteiger partial charge in [-0.05, 0) is 36.8 Å². The molecule has 228 valence electrons. The molecule has 0 N–H and O–H groups in total. The second kappa shape index (κ2) is 18.4. The molecule has 0 radical (unpaired) electrons. The molecular formula is C42H38Cl2Hf2. The summed E-state index contributed by atoms with van der Waals surface area (Å²) in [5.74, 6) is 0. The van der Waals surface area contributed by atoms with Gasteiger partial charge in [-0.25, -0.2) is 0 Å². The Bertz CT molecular complexity index is 1700. The van der Waals surface area contributed by atoms with Gasteiger partial charge >= 0.3 is 82.0 Å². The molecule has 4 aliphatic carbocycles. The van der Waals surface area contributed by atoms with Crippen LogP contribution in [0.2, 0.25) is 0 Å². The summed E-state index contributed by atoms with van der Waals surface area (Å²) < 4.78 is 3.11. The molecule has 0 saturated carbocycles. The van der Waals surface area contributed by atoms with E-state index in [9.17, 15) is 0 Å². The topological polar surface area (TPSA) is 0 Å². The third-order valence-electron chi connectivity index (χ3n) is 7.64. The van der Waals surface area contributed by atoms with Crippen molar-refractivity contribution < 1.29 is 72.6 Å². The minimum Gasteiger partial charge on any atom is -1.00 e. The minimum atomic E-state index is 0. The van der Waals surface area contributed by atoms with E-state index in [-0.39, 0.29) is 24.8 Å². The Kier molecular flexibility index (Phi) is 15.4. The van der Waals surface area contributed by atoms with Crippen molar-refractivity contribution in [2.75, 3.05) is 0 Å². The summed E-state index contributed by atoms with van der Waals surface area (Å²) in [4.78, 5) is 0. The van der Waals surface area contributed by atoms with Crippen molar-refractivity contribution in [3.63, 3.8) is 0 Å². The maximum Gasteiger partial charge on any atom is -0.0195 e. The van der Waals surface area contributed by atoms with Crippen LogP contribution in [-0.4, -0.2) is 6.51 Å². The molecule has 0 aromatic heterocycles. The normalized spacial score (nSPS) is 13.3. The molecular weight excluding hydrogens is 932 g/mol. The van der Waals surface area contributed by atoms with Gasteiger partial charge in [0.15, 0.2) is 0 Å². The molecule has 0 spiro atoms. The molecule has 0 bridgehead atoms. The van der Waals surface area contributed by atoms with Crippen molar-refractivity contribution in [3.05, 3.63) is 155 Å². The number of fused-ring (bicyclic) bond motifs is 6. The Morgan fingerprint density at radius 1 is 0.522 bits per heavy atom. The molecule has 46 heavy (non-hydrogen) atoms. The van der Waals surface area contributed by atoms with E-state index in [0.717, 1.165) is 25.7 Å². The van der Waals surface area contributed by atoms with Gasteiger partial charge in [0.25, 0.3) is 0 Å². The second-order valence-corrected chi connectivity index (χ2v) is 19.0. The predicted molar refractivity (Wildman–Crippen MR) is 183 cm³/mol. The molecule has 0 amide bonds.